The number of alkyl halides is 1. The summed E-state index contributed by atoms with van der Waals surface area (Å²) in [5.74, 6) is 0. The number of rotatable bonds is 3. The average molecular weight is 386 g/mol. The summed E-state index contributed by atoms with van der Waals surface area (Å²) >= 11 is 17.8. The maximum atomic E-state index is 6.61. The van der Waals surface area contributed by atoms with Crippen LogP contribution in [0.3, 0.4) is 0 Å². The second kappa shape index (κ2) is 6.07. The van der Waals surface area contributed by atoms with Crippen molar-refractivity contribution in [1.29, 1.82) is 0 Å². The Bertz CT molecular complexity index is 734. The van der Waals surface area contributed by atoms with Crippen LogP contribution < -0.4 is 0 Å². The summed E-state index contributed by atoms with van der Waals surface area (Å²) < 4.78 is 2.38. The van der Waals surface area contributed by atoms with Crippen LogP contribution in [0.4, 0.5) is 0 Å². The van der Waals surface area contributed by atoms with Crippen molar-refractivity contribution in [3.8, 4) is 0 Å². The lowest BCUT2D eigenvalue weighted by Crippen LogP contribution is -1.94. The highest BCUT2D eigenvalue weighted by molar-refractivity contribution is 9.10. The topological polar surface area (TPSA) is 0 Å². The molecule has 0 fully saturated rings. The molecule has 0 aliphatic heterocycles. The molecule has 4 heteroatoms. The van der Waals surface area contributed by atoms with E-state index < -0.39 is 0 Å². The van der Waals surface area contributed by atoms with Gasteiger partial charge in [-0.15, -0.1) is 22.9 Å². The summed E-state index contributed by atoms with van der Waals surface area (Å²) in [4.78, 5) is 0. The molecule has 0 bridgehead atoms. The van der Waals surface area contributed by atoms with Crippen LogP contribution in [0.2, 0.25) is 5.02 Å². The number of hydrogen-bond acceptors (Lipinski definition) is 1. The summed E-state index contributed by atoms with van der Waals surface area (Å²) in [7, 11) is 0. The van der Waals surface area contributed by atoms with Crippen LogP contribution >= 0.6 is 50.5 Å². The molecule has 2 aromatic carbocycles. The third kappa shape index (κ3) is 2.89. The maximum absolute atomic E-state index is 6.61. The third-order valence-corrected chi connectivity index (χ3v) is 5.86. The van der Waals surface area contributed by atoms with E-state index in [-0.39, 0.29) is 5.38 Å². The molecule has 1 aromatic heterocycles. The summed E-state index contributed by atoms with van der Waals surface area (Å²) in [6.07, 6.45) is 0.803. The van der Waals surface area contributed by atoms with Crippen LogP contribution in [0.25, 0.3) is 10.1 Å². The predicted octanol–water partition coefficient (Wildman–Crippen LogP) is 6.84. The number of benzene rings is 2. The van der Waals surface area contributed by atoms with Crippen molar-refractivity contribution in [3.05, 3.63) is 68.5 Å². The maximum Gasteiger partial charge on any atom is 0.0639 e. The number of halogens is 3. The molecule has 20 heavy (non-hydrogen) atoms. The average Bonchev–Trinajstić information content (AvgIpc) is 2.87. The zero-order chi connectivity index (χ0) is 14.1. The summed E-state index contributed by atoms with van der Waals surface area (Å²) in [5, 5.41) is 4.12. The predicted molar refractivity (Wildman–Crippen MR) is 93.3 cm³/mol. The second-order valence-corrected chi connectivity index (χ2v) is 7.30. The Balaban J connectivity index is 1.91. The number of hydrogen-bond donors (Lipinski definition) is 0. The standard InChI is InChI=1S/C16H11BrCl2S/c17-14-3-1-2-12-13(9-20-16(12)14)15(19)8-10-4-6-11(18)7-5-10/h1-7,9,15H,8H2. The quantitative estimate of drug-likeness (QED) is 0.433. The fraction of sp³-hybridized carbons (Fsp3) is 0.125. The molecule has 0 aliphatic carbocycles. The SMILES string of the molecule is Clc1ccc(CC(Cl)c2csc3c(Br)cccc23)cc1. The van der Waals surface area contributed by atoms with E-state index >= 15 is 0 Å². The molecule has 102 valence electrons. The first kappa shape index (κ1) is 14.4. The van der Waals surface area contributed by atoms with Crippen molar-refractivity contribution in [2.75, 3.05) is 0 Å². The van der Waals surface area contributed by atoms with Gasteiger partial charge < -0.3 is 0 Å². The first-order valence-electron chi connectivity index (χ1n) is 6.19. The van der Waals surface area contributed by atoms with Crippen molar-refractivity contribution < 1.29 is 0 Å². The van der Waals surface area contributed by atoms with Crippen molar-refractivity contribution in [2.45, 2.75) is 11.8 Å². The fourth-order valence-corrected chi connectivity index (χ4v) is 4.46. The molecule has 0 nitrogen and oxygen atoms in total. The van der Waals surface area contributed by atoms with Gasteiger partial charge in [-0.05, 0) is 62.4 Å². The van der Waals surface area contributed by atoms with Crippen molar-refractivity contribution in [3.63, 3.8) is 0 Å². The smallest absolute Gasteiger partial charge is 0.0639 e. The first-order valence-corrected chi connectivity index (χ1v) is 8.68. The molecule has 0 radical (unpaired) electrons. The van der Waals surface area contributed by atoms with Crippen LogP contribution in [0, 0.1) is 0 Å². The third-order valence-electron chi connectivity index (χ3n) is 3.25. The van der Waals surface area contributed by atoms with Crippen LogP contribution in [-0.2, 0) is 6.42 Å². The van der Waals surface area contributed by atoms with Gasteiger partial charge in [0.15, 0.2) is 0 Å². The van der Waals surface area contributed by atoms with Gasteiger partial charge in [-0.3, -0.25) is 0 Å². The van der Waals surface area contributed by atoms with E-state index in [4.69, 9.17) is 23.2 Å². The Labute approximate surface area is 140 Å². The molecule has 0 amide bonds. The van der Waals surface area contributed by atoms with Crippen molar-refractivity contribution in [2.24, 2.45) is 0 Å². The van der Waals surface area contributed by atoms with E-state index in [9.17, 15) is 0 Å². The van der Waals surface area contributed by atoms with Crippen LogP contribution in [0.5, 0.6) is 0 Å². The zero-order valence-corrected chi connectivity index (χ0v) is 14.4. The lowest BCUT2D eigenvalue weighted by Gasteiger charge is -2.09. The molecular weight excluding hydrogens is 375 g/mol. The molecule has 1 heterocycles. The van der Waals surface area contributed by atoms with E-state index in [1.54, 1.807) is 11.3 Å². The van der Waals surface area contributed by atoms with E-state index in [0.29, 0.717) is 0 Å². The Kier molecular flexibility index (Phi) is 4.37. The molecule has 3 rings (SSSR count). The monoisotopic (exact) mass is 384 g/mol. The molecule has 0 saturated heterocycles. The minimum atomic E-state index is -0.0285. The lowest BCUT2D eigenvalue weighted by atomic mass is 10.0. The van der Waals surface area contributed by atoms with Gasteiger partial charge in [0, 0.05) is 14.2 Å². The van der Waals surface area contributed by atoms with Crippen molar-refractivity contribution >= 4 is 60.6 Å². The molecule has 1 atom stereocenters. The molecule has 0 saturated carbocycles. The Morgan fingerprint density at radius 2 is 1.85 bits per heavy atom. The van der Waals surface area contributed by atoms with Crippen LogP contribution in [-0.4, -0.2) is 0 Å². The van der Waals surface area contributed by atoms with E-state index in [1.807, 2.05) is 24.3 Å². The zero-order valence-electron chi connectivity index (χ0n) is 10.4. The molecule has 0 aliphatic rings. The summed E-state index contributed by atoms with van der Waals surface area (Å²) in [6, 6.07) is 14.1. The highest BCUT2D eigenvalue weighted by Crippen LogP contribution is 2.38. The van der Waals surface area contributed by atoms with E-state index in [2.05, 4.69) is 39.5 Å². The minimum absolute atomic E-state index is 0.0285. The first-order chi connectivity index (χ1) is 9.65. The number of thiophene rings is 1. The molecule has 0 spiro atoms. The number of fused-ring (bicyclic) bond motifs is 1. The van der Waals surface area contributed by atoms with Gasteiger partial charge in [-0.25, -0.2) is 0 Å². The minimum Gasteiger partial charge on any atom is -0.142 e. The van der Waals surface area contributed by atoms with Gasteiger partial charge in [-0.1, -0.05) is 35.9 Å². The normalized spacial score (nSPS) is 12.8. The van der Waals surface area contributed by atoms with E-state index in [0.717, 1.165) is 15.9 Å². The highest BCUT2D eigenvalue weighted by Gasteiger charge is 2.15. The van der Waals surface area contributed by atoms with E-state index in [1.165, 1.54) is 21.2 Å². The van der Waals surface area contributed by atoms with Gasteiger partial charge in [-0.2, -0.15) is 0 Å². The fourth-order valence-electron chi connectivity index (χ4n) is 2.22. The van der Waals surface area contributed by atoms with Gasteiger partial charge in [0.25, 0.3) is 0 Å². The largest absolute Gasteiger partial charge is 0.142 e. The Morgan fingerprint density at radius 3 is 2.60 bits per heavy atom. The summed E-state index contributed by atoms with van der Waals surface area (Å²) in [6.45, 7) is 0. The summed E-state index contributed by atoms with van der Waals surface area (Å²) in [5.41, 5.74) is 2.40. The van der Waals surface area contributed by atoms with Crippen LogP contribution in [0.1, 0.15) is 16.5 Å². The molecule has 0 N–H and O–H groups in total. The Morgan fingerprint density at radius 1 is 1.10 bits per heavy atom. The second-order valence-electron chi connectivity index (χ2n) is 4.61. The van der Waals surface area contributed by atoms with Gasteiger partial charge in [0.2, 0.25) is 0 Å². The van der Waals surface area contributed by atoms with Gasteiger partial charge in [0.05, 0.1) is 5.38 Å². The van der Waals surface area contributed by atoms with Crippen molar-refractivity contribution in [1.82, 2.24) is 0 Å². The highest BCUT2D eigenvalue weighted by atomic mass is 79.9. The molecular formula is C16H11BrCl2S. The van der Waals surface area contributed by atoms with Gasteiger partial charge in [0.1, 0.15) is 0 Å². The Hall–Kier alpha value is -0.540. The molecule has 1 unspecified atom stereocenters. The lowest BCUT2D eigenvalue weighted by molar-refractivity contribution is 0.932. The van der Waals surface area contributed by atoms with Crippen LogP contribution in [0.15, 0.2) is 52.3 Å². The van der Waals surface area contributed by atoms with Gasteiger partial charge >= 0.3 is 0 Å². The molecule has 3 aromatic rings.